The molecule has 8 heteroatoms. The van der Waals surface area contributed by atoms with Gasteiger partial charge in [-0.3, -0.25) is 0 Å². The molecule has 0 fully saturated rings. The Kier molecular flexibility index (Phi) is 4.39. The lowest BCUT2D eigenvalue weighted by Crippen LogP contribution is -2.26. The third kappa shape index (κ3) is 3.67. The highest BCUT2D eigenvalue weighted by atomic mass is 32.2. The number of benzene rings is 1. The van der Waals surface area contributed by atoms with Gasteiger partial charge in [-0.25, -0.2) is 22.9 Å². The lowest BCUT2D eigenvalue weighted by atomic mass is 10.1. The van der Waals surface area contributed by atoms with Crippen LogP contribution < -0.4 is 10.0 Å². The molecule has 112 valence electrons. The lowest BCUT2D eigenvalue weighted by molar-refractivity contribution is 0.0697. The molecule has 0 radical (unpaired) electrons. The molecule has 2 rings (SSSR count). The van der Waals surface area contributed by atoms with Gasteiger partial charge in [-0.2, -0.15) is 0 Å². The Bertz CT molecular complexity index is 774. The number of rotatable bonds is 6. The molecule has 0 atom stereocenters. The van der Waals surface area contributed by atoms with Crippen molar-refractivity contribution in [1.82, 2.24) is 9.71 Å². The minimum atomic E-state index is -3.35. The average Bonchev–Trinajstić information content (AvgIpc) is 2.46. The summed E-state index contributed by atoms with van der Waals surface area (Å²) in [6.45, 7) is 0.0643. The van der Waals surface area contributed by atoms with Crippen LogP contribution in [0.5, 0.6) is 0 Å². The fraction of sp³-hybridized carbons (Fsp3) is 0.231. The molecule has 0 aliphatic carbocycles. The summed E-state index contributed by atoms with van der Waals surface area (Å²) in [5, 5.41) is 12.7. The summed E-state index contributed by atoms with van der Waals surface area (Å²) >= 11 is 0. The van der Waals surface area contributed by atoms with E-state index in [1.807, 2.05) is 0 Å². The number of carboxylic acids is 1. The van der Waals surface area contributed by atoms with Crippen LogP contribution in [0.1, 0.15) is 10.4 Å². The second kappa shape index (κ2) is 6.06. The van der Waals surface area contributed by atoms with Crippen molar-refractivity contribution in [2.75, 3.05) is 24.7 Å². The summed E-state index contributed by atoms with van der Waals surface area (Å²) in [4.78, 5) is 15.5. The van der Waals surface area contributed by atoms with Crippen molar-refractivity contribution in [2.45, 2.75) is 0 Å². The number of hydrogen-bond acceptors (Lipinski definition) is 5. The number of carbonyl (C=O) groups is 1. The minimum Gasteiger partial charge on any atom is -0.478 e. The monoisotopic (exact) mass is 309 g/mol. The number of pyridine rings is 1. The highest BCUT2D eigenvalue weighted by Crippen LogP contribution is 2.20. The van der Waals surface area contributed by atoms with Crippen LogP contribution in [0, 0.1) is 0 Å². The first kappa shape index (κ1) is 15.2. The molecule has 0 spiro atoms. The Morgan fingerprint density at radius 3 is 2.71 bits per heavy atom. The average molecular weight is 309 g/mol. The van der Waals surface area contributed by atoms with Crippen LogP contribution in [0.2, 0.25) is 0 Å². The molecule has 2 aromatic rings. The highest BCUT2D eigenvalue weighted by Gasteiger charge is 2.14. The molecule has 0 amide bonds. The van der Waals surface area contributed by atoms with E-state index in [1.165, 1.54) is 13.1 Å². The zero-order chi connectivity index (χ0) is 15.5. The first-order valence-corrected chi connectivity index (χ1v) is 7.86. The van der Waals surface area contributed by atoms with Gasteiger partial charge in [-0.1, -0.05) is 18.2 Å². The highest BCUT2D eigenvalue weighted by molar-refractivity contribution is 7.89. The third-order valence-corrected chi connectivity index (χ3v) is 4.29. The Labute approximate surface area is 122 Å². The second-order valence-corrected chi connectivity index (χ2v) is 6.38. The summed E-state index contributed by atoms with van der Waals surface area (Å²) in [5.41, 5.74) is 0.650. The minimum absolute atomic E-state index is 0.00977. The van der Waals surface area contributed by atoms with Crippen molar-refractivity contribution in [3.8, 4) is 0 Å². The van der Waals surface area contributed by atoms with E-state index < -0.39 is 16.0 Å². The molecule has 0 unspecified atom stereocenters. The van der Waals surface area contributed by atoms with Crippen LogP contribution in [0.15, 0.2) is 30.3 Å². The fourth-order valence-electron chi connectivity index (χ4n) is 1.82. The predicted molar refractivity (Wildman–Crippen MR) is 80.0 cm³/mol. The van der Waals surface area contributed by atoms with Gasteiger partial charge in [0.25, 0.3) is 0 Å². The normalized spacial score (nSPS) is 11.5. The van der Waals surface area contributed by atoms with Crippen molar-refractivity contribution >= 4 is 32.7 Å². The molecular formula is C13H15N3O4S. The maximum atomic E-state index is 11.3. The fourth-order valence-corrected chi connectivity index (χ4v) is 2.39. The van der Waals surface area contributed by atoms with Crippen LogP contribution >= 0.6 is 0 Å². The van der Waals surface area contributed by atoms with E-state index in [9.17, 15) is 18.3 Å². The number of aromatic carboxylic acids is 1. The number of hydrogen-bond donors (Lipinski definition) is 3. The van der Waals surface area contributed by atoms with Crippen molar-refractivity contribution in [3.63, 3.8) is 0 Å². The Morgan fingerprint density at radius 2 is 2.05 bits per heavy atom. The number of anilines is 1. The molecule has 0 saturated heterocycles. The van der Waals surface area contributed by atoms with E-state index in [4.69, 9.17) is 0 Å². The maximum absolute atomic E-state index is 11.3. The maximum Gasteiger partial charge on any atom is 0.339 e. The summed E-state index contributed by atoms with van der Waals surface area (Å²) in [5.74, 6) is -1.13. The SMILES string of the molecule is CNS(=O)(=O)CCNc1nc2ccccc2cc1C(=O)O. The van der Waals surface area contributed by atoms with Gasteiger partial charge in [0.2, 0.25) is 10.0 Å². The van der Waals surface area contributed by atoms with Crippen LogP contribution in [0.4, 0.5) is 5.82 Å². The van der Waals surface area contributed by atoms with Crippen molar-refractivity contribution in [1.29, 1.82) is 0 Å². The van der Waals surface area contributed by atoms with E-state index >= 15 is 0 Å². The van der Waals surface area contributed by atoms with Crippen LogP contribution in [-0.2, 0) is 10.0 Å². The zero-order valence-electron chi connectivity index (χ0n) is 11.3. The molecule has 0 bridgehead atoms. The topological polar surface area (TPSA) is 108 Å². The second-order valence-electron chi connectivity index (χ2n) is 4.33. The van der Waals surface area contributed by atoms with Crippen LogP contribution in [0.3, 0.4) is 0 Å². The summed E-state index contributed by atoms with van der Waals surface area (Å²) < 4.78 is 24.9. The summed E-state index contributed by atoms with van der Waals surface area (Å²) in [7, 11) is -2.03. The molecule has 1 aromatic heterocycles. The van der Waals surface area contributed by atoms with E-state index in [-0.39, 0.29) is 23.7 Å². The number of fused-ring (bicyclic) bond motifs is 1. The van der Waals surface area contributed by atoms with E-state index in [0.29, 0.717) is 10.9 Å². The largest absolute Gasteiger partial charge is 0.478 e. The van der Waals surface area contributed by atoms with E-state index in [0.717, 1.165) is 0 Å². The van der Waals surface area contributed by atoms with Crippen LogP contribution in [0.25, 0.3) is 10.9 Å². The number of sulfonamides is 1. The molecular weight excluding hydrogens is 294 g/mol. The smallest absolute Gasteiger partial charge is 0.339 e. The summed E-state index contributed by atoms with van der Waals surface area (Å²) in [6.07, 6.45) is 0. The molecule has 21 heavy (non-hydrogen) atoms. The molecule has 0 aliphatic heterocycles. The van der Waals surface area contributed by atoms with Gasteiger partial charge >= 0.3 is 5.97 Å². The Morgan fingerprint density at radius 1 is 1.33 bits per heavy atom. The van der Waals surface area contributed by atoms with E-state index in [1.54, 1.807) is 24.3 Å². The molecule has 1 aromatic carbocycles. The van der Waals surface area contributed by atoms with Gasteiger partial charge in [0.15, 0.2) is 0 Å². The molecule has 0 aliphatic rings. The molecule has 0 saturated carbocycles. The van der Waals surface area contributed by atoms with Gasteiger partial charge < -0.3 is 10.4 Å². The van der Waals surface area contributed by atoms with Gasteiger partial charge in [0.1, 0.15) is 11.4 Å². The van der Waals surface area contributed by atoms with Gasteiger partial charge in [-0.05, 0) is 19.2 Å². The molecule has 7 nitrogen and oxygen atoms in total. The third-order valence-electron chi connectivity index (χ3n) is 2.93. The Hall–Kier alpha value is -2.19. The quantitative estimate of drug-likeness (QED) is 0.731. The standard InChI is InChI=1S/C13H15N3O4S/c1-14-21(19,20)7-6-15-12-10(13(17)18)8-9-4-2-3-5-11(9)16-12/h2-5,8,14H,6-7H2,1H3,(H,15,16)(H,17,18). The van der Waals surface area contributed by atoms with Gasteiger partial charge in [0.05, 0.1) is 11.3 Å². The summed E-state index contributed by atoms with van der Waals surface area (Å²) in [6, 6.07) is 8.63. The number of para-hydroxylation sites is 1. The van der Waals surface area contributed by atoms with Crippen LogP contribution in [-0.4, -0.2) is 43.8 Å². The van der Waals surface area contributed by atoms with E-state index in [2.05, 4.69) is 15.0 Å². The van der Waals surface area contributed by atoms with Gasteiger partial charge in [-0.15, -0.1) is 0 Å². The van der Waals surface area contributed by atoms with Crippen molar-refractivity contribution < 1.29 is 18.3 Å². The number of aromatic nitrogens is 1. The lowest BCUT2D eigenvalue weighted by Gasteiger charge is -2.10. The Balaban J connectivity index is 2.29. The number of nitrogens with one attached hydrogen (secondary N) is 2. The van der Waals surface area contributed by atoms with Gasteiger partial charge in [0, 0.05) is 11.9 Å². The first-order chi connectivity index (χ1) is 9.93. The number of nitrogens with zero attached hydrogens (tertiary/aromatic N) is 1. The predicted octanol–water partition coefficient (Wildman–Crippen LogP) is 0.894. The molecule has 1 heterocycles. The zero-order valence-corrected chi connectivity index (χ0v) is 12.1. The number of carboxylic acid groups (broad SMARTS) is 1. The molecule has 3 N–H and O–H groups in total. The first-order valence-electron chi connectivity index (χ1n) is 6.21. The van der Waals surface area contributed by atoms with Crippen molar-refractivity contribution in [3.05, 3.63) is 35.9 Å². The van der Waals surface area contributed by atoms with Crippen molar-refractivity contribution in [2.24, 2.45) is 0 Å².